The smallest absolute Gasteiger partial charge is 0.345 e. The van der Waals surface area contributed by atoms with Gasteiger partial charge in [-0.1, -0.05) is 72.3 Å². The van der Waals surface area contributed by atoms with Crippen LogP contribution in [0.5, 0.6) is 5.75 Å². The van der Waals surface area contributed by atoms with Crippen molar-refractivity contribution in [2.24, 2.45) is 21.9 Å². The molecule has 3 aromatic carbocycles. The summed E-state index contributed by atoms with van der Waals surface area (Å²) in [4.78, 5) is 28.8. The van der Waals surface area contributed by atoms with Crippen molar-refractivity contribution in [3.05, 3.63) is 113 Å². The SMILES string of the molecule is Cc1ccc(CC2(C(=O)O)C=CC(c3ccc(OC(=O)c4ccccc4N=C(N)N)cc3)=CC2)cc1.Cl. The molecule has 7 nitrogen and oxygen atoms in total. The number of nitrogens with zero attached hydrogens (tertiary/aromatic N) is 1. The van der Waals surface area contributed by atoms with Gasteiger partial charge in [0.2, 0.25) is 0 Å². The molecule has 0 amide bonds. The summed E-state index contributed by atoms with van der Waals surface area (Å²) in [6.07, 6.45) is 6.35. The molecule has 0 heterocycles. The van der Waals surface area contributed by atoms with Crippen LogP contribution in [0.15, 0.2) is 96.0 Å². The number of nitrogens with two attached hydrogens (primary N) is 2. The van der Waals surface area contributed by atoms with Gasteiger partial charge in [0.1, 0.15) is 5.75 Å². The predicted molar refractivity (Wildman–Crippen MR) is 147 cm³/mol. The summed E-state index contributed by atoms with van der Waals surface area (Å²) in [6.45, 7) is 2.00. The Kier molecular flexibility index (Phi) is 8.52. The van der Waals surface area contributed by atoms with E-state index in [-0.39, 0.29) is 23.9 Å². The van der Waals surface area contributed by atoms with Crippen LogP contribution in [0.25, 0.3) is 5.57 Å². The molecule has 1 atom stereocenters. The van der Waals surface area contributed by atoms with Crippen molar-refractivity contribution in [1.29, 1.82) is 0 Å². The molecule has 0 fully saturated rings. The highest BCUT2D eigenvalue weighted by molar-refractivity contribution is 5.97. The molecule has 0 spiro atoms. The first-order valence-corrected chi connectivity index (χ1v) is 11.5. The van der Waals surface area contributed by atoms with Gasteiger partial charge in [0.05, 0.1) is 16.7 Å². The van der Waals surface area contributed by atoms with Crippen LogP contribution in [-0.4, -0.2) is 23.0 Å². The van der Waals surface area contributed by atoms with Crippen LogP contribution in [0.4, 0.5) is 5.69 Å². The van der Waals surface area contributed by atoms with Gasteiger partial charge in [0, 0.05) is 0 Å². The zero-order valence-electron chi connectivity index (χ0n) is 20.3. The van der Waals surface area contributed by atoms with E-state index in [0.717, 1.165) is 22.3 Å². The molecule has 190 valence electrons. The number of aliphatic carboxylic acids is 1. The van der Waals surface area contributed by atoms with Gasteiger partial charge in [0.25, 0.3) is 0 Å². The van der Waals surface area contributed by atoms with E-state index in [1.54, 1.807) is 42.5 Å². The van der Waals surface area contributed by atoms with E-state index in [2.05, 4.69) is 4.99 Å². The average molecular weight is 518 g/mol. The Labute approximate surface area is 221 Å². The second kappa shape index (κ2) is 11.6. The van der Waals surface area contributed by atoms with Crippen molar-refractivity contribution in [2.75, 3.05) is 0 Å². The van der Waals surface area contributed by atoms with Gasteiger partial charge in [-0.15, -0.1) is 12.4 Å². The molecule has 37 heavy (non-hydrogen) atoms. The number of para-hydroxylation sites is 1. The lowest BCUT2D eigenvalue weighted by atomic mass is 9.74. The molecular formula is C29H28ClN3O4. The molecule has 3 aromatic rings. The molecule has 1 aliphatic carbocycles. The van der Waals surface area contributed by atoms with E-state index in [9.17, 15) is 14.7 Å². The summed E-state index contributed by atoms with van der Waals surface area (Å²) in [7, 11) is 0. The van der Waals surface area contributed by atoms with Gasteiger partial charge in [-0.25, -0.2) is 9.79 Å². The van der Waals surface area contributed by atoms with Crippen LogP contribution in [0.1, 0.15) is 33.5 Å². The summed E-state index contributed by atoms with van der Waals surface area (Å²) in [5.74, 6) is -1.22. The number of allylic oxidation sites excluding steroid dienone is 3. The minimum absolute atomic E-state index is 0. The Bertz CT molecular complexity index is 1380. The first-order chi connectivity index (χ1) is 17.3. The quantitative estimate of drug-likeness (QED) is 0.171. The maximum atomic E-state index is 12.7. The van der Waals surface area contributed by atoms with E-state index < -0.39 is 17.4 Å². The lowest BCUT2D eigenvalue weighted by Crippen LogP contribution is -2.32. The number of carbonyl (C=O) groups is 2. The number of aliphatic imine (C=N–C) groups is 1. The third-order valence-electron chi connectivity index (χ3n) is 6.11. The van der Waals surface area contributed by atoms with Crippen molar-refractivity contribution in [2.45, 2.75) is 19.8 Å². The average Bonchev–Trinajstić information content (AvgIpc) is 2.86. The molecule has 1 aliphatic rings. The molecule has 1 unspecified atom stereocenters. The van der Waals surface area contributed by atoms with Crippen LogP contribution in [0.3, 0.4) is 0 Å². The van der Waals surface area contributed by atoms with Crippen LogP contribution < -0.4 is 16.2 Å². The number of halogens is 1. The minimum Gasteiger partial charge on any atom is -0.481 e. The van der Waals surface area contributed by atoms with Crippen molar-refractivity contribution >= 4 is 41.6 Å². The zero-order chi connectivity index (χ0) is 25.7. The second-order valence-corrected chi connectivity index (χ2v) is 8.79. The van der Waals surface area contributed by atoms with Crippen LogP contribution in [0.2, 0.25) is 0 Å². The van der Waals surface area contributed by atoms with Gasteiger partial charge in [-0.3, -0.25) is 4.79 Å². The van der Waals surface area contributed by atoms with Gasteiger partial charge < -0.3 is 21.3 Å². The fraction of sp³-hybridized carbons (Fsp3) is 0.138. The van der Waals surface area contributed by atoms with Crippen molar-refractivity contribution < 1.29 is 19.4 Å². The van der Waals surface area contributed by atoms with E-state index in [0.29, 0.717) is 24.3 Å². The molecular weight excluding hydrogens is 490 g/mol. The number of aryl methyl sites for hydroxylation is 1. The summed E-state index contributed by atoms with van der Waals surface area (Å²) >= 11 is 0. The van der Waals surface area contributed by atoms with Crippen molar-refractivity contribution in [3.63, 3.8) is 0 Å². The highest BCUT2D eigenvalue weighted by atomic mass is 35.5. The van der Waals surface area contributed by atoms with Gasteiger partial charge in [-0.05, 0) is 60.7 Å². The lowest BCUT2D eigenvalue weighted by Gasteiger charge is -2.28. The number of benzene rings is 3. The number of hydrogen-bond donors (Lipinski definition) is 3. The Balaban J connectivity index is 0.00000380. The number of carboxylic acids is 1. The largest absolute Gasteiger partial charge is 0.481 e. The normalized spacial score (nSPS) is 16.2. The predicted octanol–water partition coefficient (Wildman–Crippen LogP) is 5.20. The molecule has 0 aliphatic heterocycles. The summed E-state index contributed by atoms with van der Waals surface area (Å²) in [5, 5.41) is 9.99. The number of ether oxygens (including phenoxy) is 1. The minimum atomic E-state index is -0.989. The Morgan fingerprint density at radius 3 is 2.27 bits per heavy atom. The third kappa shape index (κ3) is 6.45. The van der Waals surface area contributed by atoms with E-state index in [1.165, 1.54) is 0 Å². The molecule has 0 saturated heterocycles. The monoisotopic (exact) mass is 517 g/mol. The summed E-state index contributed by atoms with van der Waals surface area (Å²) in [5.41, 5.74) is 14.4. The molecule has 0 bridgehead atoms. The third-order valence-corrected chi connectivity index (χ3v) is 6.11. The molecule has 0 saturated carbocycles. The van der Waals surface area contributed by atoms with Crippen molar-refractivity contribution in [3.8, 4) is 5.75 Å². The Morgan fingerprint density at radius 1 is 1.00 bits per heavy atom. The van der Waals surface area contributed by atoms with Crippen LogP contribution in [0, 0.1) is 12.3 Å². The standard InChI is InChI=1S/C29H27N3O4.ClH/c1-19-6-8-20(9-7-19)18-29(27(34)35)16-14-22(15-17-29)21-10-12-23(13-11-21)36-26(33)24-4-2-3-5-25(24)32-28(30)31;/h2-16H,17-18H2,1H3,(H,34,35)(H4,30,31,32);1H. The fourth-order valence-corrected chi connectivity index (χ4v) is 4.09. The molecule has 8 heteroatoms. The molecule has 0 radical (unpaired) electrons. The molecule has 5 N–H and O–H groups in total. The summed E-state index contributed by atoms with van der Waals surface area (Å²) < 4.78 is 5.50. The van der Waals surface area contributed by atoms with Crippen LogP contribution >= 0.6 is 12.4 Å². The first-order valence-electron chi connectivity index (χ1n) is 11.5. The summed E-state index contributed by atoms with van der Waals surface area (Å²) in [6, 6.07) is 21.6. The Morgan fingerprint density at radius 2 is 1.68 bits per heavy atom. The zero-order valence-corrected chi connectivity index (χ0v) is 21.1. The number of carboxylic acid groups (broad SMARTS) is 1. The topological polar surface area (TPSA) is 128 Å². The highest BCUT2D eigenvalue weighted by Gasteiger charge is 2.36. The Hall–Kier alpha value is -4.36. The number of carbonyl (C=O) groups excluding carboxylic acids is 1. The number of hydrogen-bond acceptors (Lipinski definition) is 4. The van der Waals surface area contributed by atoms with E-state index in [1.807, 2.05) is 55.5 Å². The molecule has 0 aromatic heterocycles. The number of guanidine groups is 1. The fourth-order valence-electron chi connectivity index (χ4n) is 4.09. The first kappa shape index (κ1) is 27.2. The van der Waals surface area contributed by atoms with Gasteiger partial charge >= 0.3 is 11.9 Å². The van der Waals surface area contributed by atoms with Crippen molar-refractivity contribution in [1.82, 2.24) is 0 Å². The lowest BCUT2D eigenvalue weighted by molar-refractivity contribution is -0.145. The van der Waals surface area contributed by atoms with Crippen LogP contribution in [-0.2, 0) is 11.2 Å². The second-order valence-electron chi connectivity index (χ2n) is 8.79. The molecule has 4 rings (SSSR count). The number of rotatable bonds is 7. The van der Waals surface area contributed by atoms with Gasteiger partial charge in [-0.2, -0.15) is 0 Å². The maximum Gasteiger partial charge on any atom is 0.345 e. The van der Waals surface area contributed by atoms with Gasteiger partial charge in [0.15, 0.2) is 5.96 Å². The highest BCUT2D eigenvalue weighted by Crippen LogP contribution is 2.37. The van der Waals surface area contributed by atoms with E-state index >= 15 is 0 Å². The van der Waals surface area contributed by atoms with E-state index in [4.69, 9.17) is 16.2 Å². The number of esters is 1. The maximum absolute atomic E-state index is 12.7.